The molecule has 2 rings (SSSR count). The molecule has 2 aliphatic rings. The van der Waals surface area contributed by atoms with Gasteiger partial charge in [0.2, 0.25) is 0 Å². The Hall–Kier alpha value is -0.100. The number of halogens is 4. The van der Waals surface area contributed by atoms with Crippen molar-refractivity contribution in [1.82, 2.24) is 10.6 Å². The molecular weight excluding hydrogens is 438 g/mol. The quantitative estimate of drug-likeness (QED) is 0.285. The van der Waals surface area contributed by atoms with Crippen molar-refractivity contribution in [2.45, 2.75) is 37.8 Å². The van der Waals surface area contributed by atoms with Crippen LogP contribution in [0.2, 0.25) is 0 Å². The summed E-state index contributed by atoms with van der Waals surface area (Å²) in [6.45, 7) is 5.05. The van der Waals surface area contributed by atoms with E-state index in [1.165, 1.54) is 0 Å². The first-order valence-electron chi connectivity index (χ1n) is 8.16. The Kier molecular flexibility index (Phi) is 33.4. The van der Waals surface area contributed by atoms with Gasteiger partial charge in [0.25, 0.3) is 0 Å². The van der Waals surface area contributed by atoms with Gasteiger partial charge < -0.3 is 39.0 Å². The van der Waals surface area contributed by atoms with E-state index in [-0.39, 0.29) is 67.2 Å². The second kappa shape index (κ2) is 23.9. The number of amidine groups is 2. The zero-order valence-electron chi connectivity index (χ0n) is 15.6. The van der Waals surface area contributed by atoms with Gasteiger partial charge in [0, 0.05) is 26.2 Å². The summed E-state index contributed by atoms with van der Waals surface area (Å²) in [5.41, 5.74) is 22.3. The third-order valence-corrected chi connectivity index (χ3v) is 3.50. The molecule has 2 heterocycles. The highest BCUT2D eigenvalue weighted by Crippen LogP contribution is 1.96. The summed E-state index contributed by atoms with van der Waals surface area (Å²) in [6.07, 6.45) is 3.84. The van der Waals surface area contributed by atoms with Crippen LogP contribution in [0.3, 0.4) is 0 Å². The zero-order chi connectivity index (χ0) is 16.2. The minimum Gasteiger partial charge on any atom is -0.412 e. The molecule has 12 N–H and O–H groups in total. The molecule has 0 aromatic heterocycles. The van der Waals surface area contributed by atoms with E-state index in [2.05, 4.69) is 20.6 Å². The monoisotopic (exact) mass is 474 g/mol. The van der Waals surface area contributed by atoms with Gasteiger partial charge in [-0.05, 0) is 38.8 Å². The minimum absolute atomic E-state index is 0. The van der Waals surface area contributed by atoms with E-state index in [0.29, 0.717) is 13.1 Å². The number of rotatable bonds is 6. The first-order valence-corrected chi connectivity index (χ1v) is 8.16. The van der Waals surface area contributed by atoms with Gasteiger partial charge >= 0.3 is 0 Å². The van der Waals surface area contributed by atoms with E-state index in [1.807, 2.05) is 0 Å². The van der Waals surface area contributed by atoms with E-state index in [4.69, 9.17) is 22.9 Å². The van der Waals surface area contributed by atoms with Crippen LogP contribution < -0.4 is 33.6 Å². The first-order chi connectivity index (χ1) is 10.7. The Labute approximate surface area is 187 Å². The fraction of sp³-hybridized carbons (Fsp3) is 0.857. The highest BCUT2D eigenvalue weighted by Gasteiger charge is 2.12. The van der Waals surface area contributed by atoms with Crippen molar-refractivity contribution in [3.8, 4) is 0 Å². The van der Waals surface area contributed by atoms with Crippen LogP contribution in [0.5, 0.6) is 0 Å². The summed E-state index contributed by atoms with van der Waals surface area (Å²) in [6, 6.07) is 0.0283. The standard InChI is InChI=1S/2C7H16N4.4ClH.H2O/c2*8-3-2-6(9)7-10-4-1-5-11-7;;;;;/h2*6H,1-5,8-9H2,(H,10,11);4*1H;1H2. The molecular formula is C14H38Cl4N8O. The van der Waals surface area contributed by atoms with E-state index in [0.717, 1.165) is 63.5 Å². The first kappa shape index (κ1) is 37.6. The number of hydrogen-bond acceptors (Lipinski definition) is 8. The maximum atomic E-state index is 5.79. The Morgan fingerprint density at radius 1 is 0.741 bits per heavy atom. The van der Waals surface area contributed by atoms with Gasteiger partial charge in [0.1, 0.15) is 11.7 Å². The van der Waals surface area contributed by atoms with E-state index in [9.17, 15) is 0 Å². The maximum absolute atomic E-state index is 5.79. The molecule has 0 radical (unpaired) electrons. The van der Waals surface area contributed by atoms with Gasteiger partial charge in [-0.15, -0.1) is 49.6 Å². The van der Waals surface area contributed by atoms with Crippen LogP contribution in [-0.2, 0) is 0 Å². The fourth-order valence-corrected chi connectivity index (χ4v) is 2.23. The molecule has 2 aliphatic heterocycles. The molecule has 0 aromatic rings. The molecule has 0 aromatic carbocycles. The van der Waals surface area contributed by atoms with Crippen LogP contribution in [-0.4, -0.2) is 68.5 Å². The largest absolute Gasteiger partial charge is 0.412 e. The lowest BCUT2D eigenvalue weighted by atomic mass is 10.2. The molecule has 0 bridgehead atoms. The highest BCUT2D eigenvalue weighted by atomic mass is 35.5. The molecule has 0 spiro atoms. The summed E-state index contributed by atoms with van der Waals surface area (Å²) in [7, 11) is 0. The lowest BCUT2D eigenvalue weighted by Gasteiger charge is -2.19. The number of hydrogen-bond donors (Lipinski definition) is 6. The summed E-state index contributed by atoms with van der Waals surface area (Å²) >= 11 is 0. The molecule has 0 saturated carbocycles. The van der Waals surface area contributed by atoms with Crippen molar-refractivity contribution in [2.75, 3.05) is 39.3 Å². The molecule has 9 nitrogen and oxygen atoms in total. The van der Waals surface area contributed by atoms with Gasteiger partial charge in [-0.1, -0.05) is 0 Å². The smallest absolute Gasteiger partial charge is 0.113 e. The summed E-state index contributed by atoms with van der Waals surface area (Å²) in [4.78, 5) is 8.55. The number of aliphatic imine (C=N–C) groups is 2. The third-order valence-electron chi connectivity index (χ3n) is 3.50. The number of nitrogens with two attached hydrogens (primary N) is 4. The van der Waals surface area contributed by atoms with Gasteiger partial charge in [-0.25, -0.2) is 0 Å². The minimum atomic E-state index is 0. The molecule has 27 heavy (non-hydrogen) atoms. The predicted molar refractivity (Wildman–Crippen MR) is 126 cm³/mol. The lowest BCUT2D eigenvalue weighted by Crippen LogP contribution is -2.44. The number of nitrogens with zero attached hydrogens (tertiary/aromatic N) is 2. The number of nitrogens with one attached hydrogen (secondary N) is 2. The van der Waals surface area contributed by atoms with Gasteiger partial charge in [0.15, 0.2) is 0 Å². The molecule has 0 aliphatic carbocycles. The predicted octanol–water partition coefficient (Wildman–Crippen LogP) is -1.03. The van der Waals surface area contributed by atoms with Crippen molar-refractivity contribution in [1.29, 1.82) is 0 Å². The Morgan fingerprint density at radius 2 is 1.07 bits per heavy atom. The SMILES string of the molecule is Cl.Cl.Cl.Cl.NCCC(N)C1=NCCCN1.NCCC(N)C1=NCCCN1.O. The van der Waals surface area contributed by atoms with Crippen LogP contribution >= 0.6 is 49.6 Å². The van der Waals surface area contributed by atoms with Crippen LogP contribution in [0, 0.1) is 0 Å². The highest BCUT2D eigenvalue weighted by molar-refractivity contribution is 5.88. The summed E-state index contributed by atoms with van der Waals surface area (Å²) in [5.74, 6) is 1.86. The summed E-state index contributed by atoms with van der Waals surface area (Å²) < 4.78 is 0. The van der Waals surface area contributed by atoms with Crippen LogP contribution in [0.25, 0.3) is 0 Å². The van der Waals surface area contributed by atoms with Crippen molar-refractivity contribution >= 4 is 61.3 Å². The molecule has 2 unspecified atom stereocenters. The van der Waals surface area contributed by atoms with Gasteiger partial charge in [0.05, 0.1) is 12.1 Å². The van der Waals surface area contributed by atoms with Crippen LogP contribution in [0.1, 0.15) is 25.7 Å². The Bertz CT molecular complexity index is 343. The van der Waals surface area contributed by atoms with Crippen LogP contribution in [0.15, 0.2) is 9.98 Å². The molecule has 0 fully saturated rings. The van der Waals surface area contributed by atoms with Crippen molar-refractivity contribution in [3.63, 3.8) is 0 Å². The van der Waals surface area contributed by atoms with Gasteiger partial charge in [-0.3, -0.25) is 9.98 Å². The molecule has 168 valence electrons. The second-order valence-corrected chi connectivity index (χ2v) is 5.46. The van der Waals surface area contributed by atoms with Crippen molar-refractivity contribution < 1.29 is 5.48 Å². The second-order valence-electron chi connectivity index (χ2n) is 5.46. The summed E-state index contributed by atoms with van der Waals surface area (Å²) in [5, 5.41) is 6.35. The average Bonchev–Trinajstić information content (AvgIpc) is 2.57. The van der Waals surface area contributed by atoms with Crippen molar-refractivity contribution in [3.05, 3.63) is 0 Å². The maximum Gasteiger partial charge on any atom is 0.113 e. The topological polar surface area (TPSA) is 184 Å². The zero-order valence-corrected chi connectivity index (χ0v) is 18.8. The fourth-order valence-electron chi connectivity index (χ4n) is 2.23. The van der Waals surface area contributed by atoms with Gasteiger partial charge in [-0.2, -0.15) is 0 Å². The molecule has 13 heteroatoms. The Balaban J connectivity index is -0.000000101. The third kappa shape index (κ3) is 16.5. The normalized spacial score (nSPS) is 16.6. The van der Waals surface area contributed by atoms with Crippen molar-refractivity contribution in [2.24, 2.45) is 32.9 Å². The average molecular weight is 476 g/mol. The lowest BCUT2D eigenvalue weighted by molar-refractivity contribution is 0.672. The molecule has 0 saturated heterocycles. The van der Waals surface area contributed by atoms with E-state index < -0.39 is 0 Å². The van der Waals surface area contributed by atoms with E-state index in [1.54, 1.807) is 0 Å². The van der Waals surface area contributed by atoms with E-state index >= 15 is 0 Å². The Morgan fingerprint density at radius 3 is 1.30 bits per heavy atom. The van der Waals surface area contributed by atoms with Crippen LogP contribution in [0.4, 0.5) is 0 Å². The molecule has 2 atom stereocenters. The molecule has 0 amide bonds.